The number of carbonyl (C=O) groups is 2. The Bertz CT molecular complexity index is 827. The van der Waals surface area contributed by atoms with E-state index in [2.05, 4.69) is 16.0 Å². The molecule has 2 aliphatic heterocycles. The predicted molar refractivity (Wildman–Crippen MR) is 96.3 cm³/mol. The number of furan rings is 1. The van der Waals surface area contributed by atoms with Crippen LogP contribution in [0.1, 0.15) is 17.0 Å². The standard InChI is InChI=1S/C17H19N3O2.C2HF3O2/c21-17(16-4-2-8-22-16)20-10-13-5-7-19(11-14(13)12-20)15-3-1-6-18-9-15;3-2(4,5)1(6)7/h1-4,6,8-9,13-14H,5,7,10-12H2;(H,6,7)/t13-,14+;/m0./s1. The highest BCUT2D eigenvalue weighted by atomic mass is 19.4. The molecule has 0 aliphatic carbocycles. The van der Waals surface area contributed by atoms with Crippen molar-refractivity contribution in [1.29, 1.82) is 0 Å². The maximum Gasteiger partial charge on any atom is 0.490 e. The molecular weight excluding hydrogens is 391 g/mol. The first kappa shape index (κ1) is 20.7. The van der Waals surface area contributed by atoms with Gasteiger partial charge < -0.3 is 19.3 Å². The van der Waals surface area contributed by atoms with Gasteiger partial charge in [-0.05, 0) is 42.5 Å². The van der Waals surface area contributed by atoms with Crippen molar-refractivity contribution in [1.82, 2.24) is 9.88 Å². The highest BCUT2D eigenvalue weighted by Crippen LogP contribution is 2.33. The molecule has 1 N–H and O–H groups in total. The zero-order valence-corrected chi connectivity index (χ0v) is 15.4. The van der Waals surface area contributed by atoms with Gasteiger partial charge in [-0.2, -0.15) is 13.2 Å². The number of aliphatic carboxylic acids is 1. The second kappa shape index (κ2) is 8.54. The molecular formula is C19H20F3N3O4. The highest BCUT2D eigenvalue weighted by molar-refractivity contribution is 5.91. The quantitative estimate of drug-likeness (QED) is 0.818. The molecule has 2 atom stereocenters. The summed E-state index contributed by atoms with van der Waals surface area (Å²) in [6.45, 7) is 3.71. The number of pyridine rings is 1. The fourth-order valence-electron chi connectivity index (χ4n) is 3.67. The Morgan fingerprint density at radius 1 is 1.14 bits per heavy atom. The predicted octanol–water partition coefficient (Wildman–Crippen LogP) is 2.91. The monoisotopic (exact) mass is 411 g/mol. The summed E-state index contributed by atoms with van der Waals surface area (Å²) in [6.07, 6.45) is 1.32. The lowest BCUT2D eigenvalue weighted by Crippen LogP contribution is -2.40. The van der Waals surface area contributed by atoms with E-state index >= 15 is 0 Å². The van der Waals surface area contributed by atoms with Gasteiger partial charge in [0.05, 0.1) is 18.1 Å². The van der Waals surface area contributed by atoms with Crippen LogP contribution in [0.4, 0.5) is 18.9 Å². The number of hydrogen-bond acceptors (Lipinski definition) is 5. The molecule has 2 saturated heterocycles. The Balaban J connectivity index is 0.000000298. The van der Waals surface area contributed by atoms with Crippen molar-refractivity contribution in [3.8, 4) is 0 Å². The van der Waals surface area contributed by atoms with Gasteiger partial charge in [0.25, 0.3) is 5.91 Å². The summed E-state index contributed by atoms with van der Waals surface area (Å²) >= 11 is 0. The fraction of sp³-hybridized carbons (Fsp3) is 0.421. The number of carboxylic acid groups (broad SMARTS) is 1. The Morgan fingerprint density at radius 2 is 1.86 bits per heavy atom. The molecule has 0 spiro atoms. The zero-order valence-electron chi connectivity index (χ0n) is 15.4. The Morgan fingerprint density at radius 3 is 2.45 bits per heavy atom. The third-order valence-electron chi connectivity index (χ3n) is 5.07. The number of fused-ring (bicyclic) bond motifs is 1. The summed E-state index contributed by atoms with van der Waals surface area (Å²) in [5.41, 5.74) is 1.18. The van der Waals surface area contributed by atoms with Gasteiger partial charge in [0.15, 0.2) is 5.76 Å². The summed E-state index contributed by atoms with van der Waals surface area (Å²) in [4.78, 5) is 29.8. The van der Waals surface area contributed by atoms with E-state index in [-0.39, 0.29) is 5.91 Å². The van der Waals surface area contributed by atoms with Crippen LogP contribution in [0.15, 0.2) is 47.3 Å². The van der Waals surface area contributed by atoms with Crippen LogP contribution in [0.5, 0.6) is 0 Å². The minimum absolute atomic E-state index is 0.0207. The van der Waals surface area contributed by atoms with E-state index in [9.17, 15) is 18.0 Å². The molecule has 2 fully saturated rings. The van der Waals surface area contributed by atoms with Crippen molar-refractivity contribution >= 4 is 17.6 Å². The fourth-order valence-corrected chi connectivity index (χ4v) is 3.67. The topological polar surface area (TPSA) is 86.9 Å². The Hall–Kier alpha value is -3.04. The largest absolute Gasteiger partial charge is 0.490 e. The van der Waals surface area contributed by atoms with E-state index in [1.807, 2.05) is 17.2 Å². The average molecular weight is 411 g/mol. The van der Waals surface area contributed by atoms with E-state index < -0.39 is 12.1 Å². The minimum atomic E-state index is -5.08. The molecule has 4 rings (SSSR count). The van der Waals surface area contributed by atoms with Crippen molar-refractivity contribution in [2.24, 2.45) is 11.8 Å². The molecule has 4 heterocycles. The van der Waals surface area contributed by atoms with Crippen LogP contribution in [-0.4, -0.2) is 59.2 Å². The molecule has 0 unspecified atom stereocenters. The third kappa shape index (κ3) is 5.07. The first-order chi connectivity index (χ1) is 13.8. The normalized spacial score (nSPS) is 21.2. The van der Waals surface area contributed by atoms with Gasteiger partial charge in [-0.1, -0.05) is 0 Å². The SMILES string of the molecule is O=C(O)C(F)(F)F.O=C(c1ccco1)N1C[C@@H]2CCN(c3cccnc3)C[C@@H]2C1. The number of hydrogen-bond donors (Lipinski definition) is 1. The summed E-state index contributed by atoms with van der Waals surface area (Å²) < 4.78 is 37.0. The molecule has 0 saturated carbocycles. The van der Waals surface area contributed by atoms with Crippen LogP contribution in [0.2, 0.25) is 0 Å². The number of piperidine rings is 1. The molecule has 7 nitrogen and oxygen atoms in total. The van der Waals surface area contributed by atoms with Crippen molar-refractivity contribution < 1.29 is 32.3 Å². The maximum atomic E-state index is 12.4. The third-order valence-corrected chi connectivity index (χ3v) is 5.07. The summed E-state index contributed by atoms with van der Waals surface area (Å²) in [7, 11) is 0. The number of rotatable bonds is 2. The number of halogens is 3. The van der Waals surface area contributed by atoms with Gasteiger partial charge >= 0.3 is 12.1 Å². The molecule has 156 valence electrons. The van der Waals surface area contributed by atoms with Crippen LogP contribution in [0.25, 0.3) is 0 Å². The number of likely N-dealkylation sites (tertiary alicyclic amines) is 1. The number of anilines is 1. The first-order valence-corrected chi connectivity index (χ1v) is 9.03. The molecule has 2 aliphatic rings. The number of nitrogens with zero attached hydrogens (tertiary/aromatic N) is 3. The molecule has 1 amide bonds. The van der Waals surface area contributed by atoms with Gasteiger partial charge in [0.2, 0.25) is 0 Å². The Labute approximate surface area is 164 Å². The smallest absolute Gasteiger partial charge is 0.475 e. The number of carbonyl (C=O) groups excluding carboxylic acids is 1. The van der Waals surface area contributed by atoms with E-state index in [1.54, 1.807) is 24.6 Å². The summed E-state index contributed by atoms with van der Waals surface area (Å²) in [6, 6.07) is 7.59. The number of alkyl halides is 3. The molecule has 2 aromatic rings. The lowest BCUT2D eigenvalue weighted by Gasteiger charge is -2.35. The molecule has 10 heteroatoms. The average Bonchev–Trinajstić information content (AvgIpc) is 3.37. The van der Waals surface area contributed by atoms with Gasteiger partial charge in [0.1, 0.15) is 0 Å². The van der Waals surface area contributed by atoms with Gasteiger partial charge in [0, 0.05) is 32.4 Å². The van der Waals surface area contributed by atoms with Crippen molar-refractivity contribution in [2.45, 2.75) is 12.6 Å². The number of aromatic nitrogens is 1. The number of amides is 1. The molecule has 2 aromatic heterocycles. The van der Waals surface area contributed by atoms with E-state index in [0.29, 0.717) is 17.6 Å². The van der Waals surface area contributed by atoms with Crippen LogP contribution in [0.3, 0.4) is 0 Å². The summed E-state index contributed by atoms with van der Waals surface area (Å²) in [5, 5.41) is 7.12. The van der Waals surface area contributed by atoms with Crippen LogP contribution < -0.4 is 4.90 Å². The first-order valence-electron chi connectivity index (χ1n) is 9.03. The van der Waals surface area contributed by atoms with Crippen molar-refractivity contribution in [3.63, 3.8) is 0 Å². The molecule has 0 bridgehead atoms. The maximum absolute atomic E-state index is 12.4. The second-order valence-corrected chi connectivity index (χ2v) is 6.96. The van der Waals surface area contributed by atoms with Crippen molar-refractivity contribution in [2.75, 3.05) is 31.1 Å². The van der Waals surface area contributed by atoms with Crippen LogP contribution >= 0.6 is 0 Å². The van der Waals surface area contributed by atoms with Crippen LogP contribution in [0, 0.1) is 11.8 Å². The van der Waals surface area contributed by atoms with E-state index in [0.717, 1.165) is 32.6 Å². The molecule has 0 radical (unpaired) electrons. The molecule has 0 aromatic carbocycles. The highest BCUT2D eigenvalue weighted by Gasteiger charge is 2.40. The molecule has 29 heavy (non-hydrogen) atoms. The lowest BCUT2D eigenvalue weighted by molar-refractivity contribution is -0.192. The lowest BCUT2D eigenvalue weighted by atomic mass is 9.88. The minimum Gasteiger partial charge on any atom is -0.475 e. The van der Waals surface area contributed by atoms with Gasteiger partial charge in [-0.15, -0.1) is 0 Å². The van der Waals surface area contributed by atoms with Gasteiger partial charge in [-0.25, -0.2) is 4.79 Å². The Kier molecular flexibility index (Phi) is 6.09. The van der Waals surface area contributed by atoms with Crippen LogP contribution in [-0.2, 0) is 4.79 Å². The zero-order chi connectivity index (χ0) is 21.0. The van der Waals surface area contributed by atoms with E-state index in [1.165, 1.54) is 5.69 Å². The van der Waals surface area contributed by atoms with E-state index in [4.69, 9.17) is 14.3 Å². The van der Waals surface area contributed by atoms with Gasteiger partial charge in [-0.3, -0.25) is 9.78 Å². The summed E-state index contributed by atoms with van der Waals surface area (Å²) in [5.74, 6) is -1.15. The van der Waals surface area contributed by atoms with Crippen molar-refractivity contribution in [3.05, 3.63) is 48.7 Å². The second-order valence-electron chi connectivity index (χ2n) is 6.96. The number of carboxylic acids is 1.